The third kappa shape index (κ3) is 2.39. The van der Waals surface area contributed by atoms with Gasteiger partial charge in [-0.15, -0.1) is 0 Å². The molecule has 86 valence electrons. The molecule has 4 heteroatoms. The summed E-state index contributed by atoms with van der Waals surface area (Å²) in [5.74, 6) is 0. The Labute approximate surface area is 94.9 Å². The molecular formula is C12H17N3O. The van der Waals surface area contributed by atoms with E-state index in [-0.39, 0.29) is 5.56 Å². The Morgan fingerprint density at radius 1 is 1.31 bits per heavy atom. The molecule has 4 nitrogen and oxygen atoms in total. The van der Waals surface area contributed by atoms with Crippen molar-refractivity contribution in [2.24, 2.45) is 7.05 Å². The first-order valence-electron chi connectivity index (χ1n) is 5.35. The standard InChI is InChI=1S/C10H11N3O.C2H6/c1-7-3-8(5-11-4-7)9-6-12-13(2)10(9)14;1-2/h3-6,12H,1-2H3;1-2H3. The average molecular weight is 219 g/mol. The van der Waals surface area contributed by atoms with Crippen molar-refractivity contribution in [2.45, 2.75) is 20.8 Å². The normalized spacial score (nSPS) is 9.50. The van der Waals surface area contributed by atoms with Crippen LogP contribution in [0.5, 0.6) is 0 Å². The highest BCUT2D eigenvalue weighted by atomic mass is 16.1. The van der Waals surface area contributed by atoms with E-state index in [0.29, 0.717) is 5.56 Å². The topological polar surface area (TPSA) is 50.7 Å². The molecule has 2 aromatic rings. The molecule has 0 aliphatic rings. The van der Waals surface area contributed by atoms with Gasteiger partial charge in [0, 0.05) is 31.2 Å². The maximum Gasteiger partial charge on any atom is 0.274 e. The number of aromatic nitrogens is 3. The fourth-order valence-electron chi connectivity index (χ4n) is 1.37. The fourth-order valence-corrected chi connectivity index (χ4v) is 1.37. The lowest BCUT2D eigenvalue weighted by atomic mass is 10.1. The monoisotopic (exact) mass is 219 g/mol. The molecule has 16 heavy (non-hydrogen) atoms. The first kappa shape index (κ1) is 12.2. The van der Waals surface area contributed by atoms with Crippen LogP contribution in [-0.2, 0) is 7.05 Å². The molecule has 0 bridgehead atoms. The van der Waals surface area contributed by atoms with E-state index in [4.69, 9.17) is 0 Å². The second-order valence-corrected chi connectivity index (χ2v) is 3.30. The third-order valence-corrected chi connectivity index (χ3v) is 2.12. The van der Waals surface area contributed by atoms with Crippen molar-refractivity contribution in [1.82, 2.24) is 14.8 Å². The molecule has 1 N–H and O–H groups in total. The summed E-state index contributed by atoms with van der Waals surface area (Å²) in [6.07, 6.45) is 5.15. The van der Waals surface area contributed by atoms with E-state index in [9.17, 15) is 4.79 Å². The zero-order valence-electron chi connectivity index (χ0n) is 10.1. The number of aryl methyl sites for hydroxylation is 2. The lowest BCUT2D eigenvalue weighted by Gasteiger charge is -1.96. The Morgan fingerprint density at radius 3 is 2.50 bits per heavy atom. The van der Waals surface area contributed by atoms with Crippen LogP contribution in [-0.4, -0.2) is 14.8 Å². The summed E-state index contributed by atoms with van der Waals surface area (Å²) in [4.78, 5) is 15.6. The summed E-state index contributed by atoms with van der Waals surface area (Å²) in [6, 6.07) is 1.94. The maximum absolute atomic E-state index is 11.6. The zero-order valence-corrected chi connectivity index (χ0v) is 10.1. The number of hydrogen-bond donors (Lipinski definition) is 1. The van der Waals surface area contributed by atoms with Crippen molar-refractivity contribution < 1.29 is 0 Å². The lowest BCUT2D eigenvalue weighted by Crippen LogP contribution is -2.13. The van der Waals surface area contributed by atoms with Gasteiger partial charge in [0.05, 0.1) is 5.56 Å². The second kappa shape index (κ2) is 5.30. The van der Waals surface area contributed by atoms with Crippen LogP contribution in [0.1, 0.15) is 19.4 Å². The van der Waals surface area contributed by atoms with Crippen molar-refractivity contribution in [2.75, 3.05) is 0 Å². The van der Waals surface area contributed by atoms with Crippen molar-refractivity contribution >= 4 is 0 Å². The van der Waals surface area contributed by atoms with E-state index in [2.05, 4.69) is 10.1 Å². The van der Waals surface area contributed by atoms with Crippen LogP contribution in [0.4, 0.5) is 0 Å². The maximum atomic E-state index is 11.6. The molecule has 2 aromatic heterocycles. The Morgan fingerprint density at radius 2 is 2.00 bits per heavy atom. The Hall–Kier alpha value is -1.84. The molecule has 0 aliphatic carbocycles. The van der Waals surface area contributed by atoms with Crippen LogP contribution in [0, 0.1) is 6.92 Å². The number of aromatic amines is 1. The quantitative estimate of drug-likeness (QED) is 0.798. The second-order valence-electron chi connectivity index (χ2n) is 3.30. The summed E-state index contributed by atoms with van der Waals surface area (Å²) in [6.45, 7) is 5.95. The number of rotatable bonds is 1. The van der Waals surface area contributed by atoms with E-state index >= 15 is 0 Å². The summed E-state index contributed by atoms with van der Waals surface area (Å²) < 4.78 is 1.44. The number of nitrogens with one attached hydrogen (secondary N) is 1. The van der Waals surface area contributed by atoms with Crippen LogP contribution < -0.4 is 5.56 Å². The molecule has 0 saturated heterocycles. The van der Waals surface area contributed by atoms with Gasteiger partial charge < -0.3 is 5.10 Å². The molecule has 0 atom stereocenters. The van der Waals surface area contributed by atoms with Gasteiger partial charge in [0.15, 0.2) is 0 Å². The Bertz CT molecular complexity index is 511. The van der Waals surface area contributed by atoms with Gasteiger partial charge in [-0.1, -0.05) is 13.8 Å². The van der Waals surface area contributed by atoms with Gasteiger partial charge in [-0.25, -0.2) is 0 Å². The molecule has 0 radical (unpaired) electrons. The predicted octanol–water partition coefficient (Wildman–Crippen LogP) is 2.11. The first-order chi connectivity index (χ1) is 7.68. The molecule has 0 saturated carbocycles. The van der Waals surface area contributed by atoms with Crippen LogP contribution in [0.2, 0.25) is 0 Å². The van der Waals surface area contributed by atoms with Gasteiger partial charge in [-0.2, -0.15) is 0 Å². The lowest BCUT2D eigenvalue weighted by molar-refractivity contribution is 0.740. The van der Waals surface area contributed by atoms with Gasteiger partial charge in [0.2, 0.25) is 0 Å². The molecule has 0 aromatic carbocycles. The number of hydrogen-bond acceptors (Lipinski definition) is 2. The summed E-state index contributed by atoms with van der Waals surface area (Å²) in [5.41, 5.74) is 2.53. The molecular weight excluding hydrogens is 202 g/mol. The van der Waals surface area contributed by atoms with E-state index < -0.39 is 0 Å². The van der Waals surface area contributed by atoms with Gasteiger partial charge in [0.25, 0.3) is 5.56 Å². The average Bonchev–Trinajstić information content (AvgIpc) is 2.63. The minimum Gasteiger partial charge on any atom is -0.303 e. The zero-order chi connectivity index (χ0) is 12.1. The fraction of sp³-hybridized carbons (Fsp3) is 0.333. The van der Waals surface area contributed by atoms with Gasteiger partial charge in [-0.3, -0.25) is 14.5 Å². The predicted molar refractivity (Wildman–Crippen MR) is 65.3 cm³/mol. The highest BCUT2D eigenvalue weighted by molar-refractivity contribution is 5.60. The highest BCUT2D eigenvalue weighted by Crippen LogP contribution is 2.13. The third-order valence-electron chi connectivity index (χ3n) is 2.12. The minimum atomic E-state index is -0.0302. The van der Waals surface area contributed by atoms with Crippen molar-refractivity contribution in [1.29, 1.82) is 0 Å². The Kier molecular flexibility index (Phi) is 4.05. The number of pyridine rings is 1. The van der Waals surface area contributed by atoms with E-state index in [1.807, 2.05) is 26.8 Å². The SMILES string of the molecule is CC.Cc1cncc(-c2c[nH]n(C)c2=O)c1. The smallest absolute Gasteiger partial charge is 0.274 e. The van der Waals surface area contributed by atoms with Crippen molar-refractivity contribution in [3.8, 4) is 11.1 Å². The molecule has 0 amide bonds. The van der Waals surface area contributed by atoms with Crippen LogP contribution in [0.15, 0.2) is 29.5 Å². The number of nitrogens with zero attached hydrogens (tertiary/aromatic N) is 2. The van der Waals surface area contributed by atoms with E-state index in [0.717, 1.165) is 11.1 Å². The minimum absolute atomic E-state index is 0.0302. The van der Waals surface area contributed by atoms with Gasteiger partial charge >= 0.3 is 0 Å². The van der Waals surface area contributed by atoms with Crippen LogP contribution in [0.3, 0.4) is 0 Å². The largest absolute Gasteiger partial charge is 0.303 e. The van der Waals surface area contributed by atoms with Gasteiger partial charge in [-0.05, 0) is 18.6 Å². The van der Waals surface area contributed by atoms with Crippen LogP contribution >= 0.6 is 0 Å². The molecule has 2 heterocycles. The summed E-state index contributed by atoms with van der Waals surface area (Å²) in [7, 11) is 1.69. The van der Waals surface area contributed by atoms with E-state index in [1.165, 1.54) is 4.68 Å². The summed E-state index contributed by atoms with van der Waals surface area (Å²) >= 11 is 0. The van der Waals surface area contributed by atoms with Gasteiger partial charge in [0.1, 0.15) is 0 Å². The molecule has 0 fully saturated rings. The molecule has 2 rings (SSSR count). The van der Waals surface area contributed by atoms with Crippen LogP contribution in [0.25, 0.3) is 11.1 Å². The number of H-pyrrole nitrogens is 1. The molecule has 0 unspecified atom stereocenters. The van der Waals surface area contributed by atoms with E-state index in [1.54, 1.807) is 25.6 Å². The highest BCUT2D eigenvalue weighted by Gasteiger charge is 2.05. The molecule has 0 spiro atoms. The van der Waals surface area contributed by atoms with Crippen molar-refractivity contribution in [3.63, 3.8) is 0 Å². The first-order valence-corrected chi connectivity index (χ1v) is 5.35. The van der Waals surface area contributed by atoms with Crippen molar-refractivity contribution in [3.05, 3.63) is 40.6 Å². The Balaban J connectivity index is 0.000000606. The molecule has 0 aliphatic heterocycles. The summed E-state index contributed by atoms with van der Waals surface area (Å²) in [5, 5.41) is 2.83.